The van der Waals surface area contributed by atoms with E-state index in [-0.39, 0.29) is 29.5 Å². The van der Waals surface area contributed by atoms with Crippen molar-refractivity contribution in [2.45, 2.75) is 43.7 Å². The summed E-state index contributed by atoms with van der Waals surface area (Å²) in [7, 11) is -4.23. The second-order valence-corrected chi connectivity index (χ2v) is 13.9. The third-order valence-electron chi connectivity index (χ3n) is 7.77. The number of anilines is 1. The average molecular weight is 721 g/mol. The smallest absolute Gasteiger partial charge is 0.264 e. The van der Waals surface area contributed by atoms with Crippen molar-refractivity contribution < 1.29 is 27.5 Å². The fraction of sp³-hybridized carbons (Fsp3) is 0.278. The lowest BCUT2D eigenvalue weighted by Crippen LogP contribution is -2.53. The summed E-state index contributed by atoms with van der Waals surface area (Å²) in [6.45, 7) is 2.72. The van der Waals surface area contributed by atoms with E-state index < -0.39 is 28.5 Å². The van der Waals surface area contributed by atoms with Crippen LogP contribution in [0, 0.1) is 0 Å². The zero-order chi connectivity index (χ0) is 33.2. The Morgan fingerprint density at radius 3 is 2.23 bits per heavy atom. The van der Waals surface area contributed by atoms with Crippen molar-refractivity contribution in [3.8, 4) is 11.5 Å². The first-order valence-corrected chi connectivity index (χ1v) is 17.8. The van der Waals surface area contributed by atoms with Gasteiger partial charge >= 0.3 is 0 Å². The molecule has 9 nitrogen and oxygen atoms in total. The van der Waals surface area contributed by atoms with E-state index >= 15 is 0 Å². The van der Waals surface area contributed by atoms with E-state index in [4.69, 9.17) is 9.47 Å². The SMILES string of the molecule is CCCCNC(=O)[C@H](Cc1ccccc1)N(Cc1cccc(Br)c1)C(=O)CN(c1ccc2c(c1)OCCO2)S(=O)(=O)c1ccccc1. The summed E-state index contributed by atoms with van der Waals surface area (Å²) in [5.74, 6) is 0.0393. The number of carbonyl (C=O) groups is 2. The van der Waals surface area contributed by atoms with Gasteiger partial charge in [-0.25, -0.2) is 8.42 Å². The number of nitrogens with one attached hydrogen (secondary N) is 1. The molecule has 11 heteroatoms. The highest BCUT2D eigenvalue weighted by Gasteiger charge is 2.35. The fourth-order valence-electron chi connectivity index (χ4n) is 5.33. The van der Waals surface area contributed by atoms with Crippen LogP contribution in [-0.4, -0.2) is 57.5 Å². The third-order valence-corrected chi connectivity index (χ3v) is 10.0. The number of halogens is 1. The van der Waals surface area contributed by atoms with E-state index in [0.717, 1.165) is 32.7 Å². The van der Waals surface area contributed by atoms with Crippen molar-refractivity contribution in [1.29, 1.82) is 0 Å². The lowest BCUT2D eigenvalue weighted by molar-refractivity contribution is -0.140. The van der Waals surface area contributed by atoms with Crippen LogP contribution in [-0.2, 0) is 32.6 Å². The van der Waals surface area contributed by atoms with E-state index in [1.807, 2.05) is 61.5 Å². The quantitative estimate of drug-likeness (QED) is 0.161. The number of unbranched alkanes of at least 4 members (excludes halogenated alkanes) is 1. The molecule has 1 heterocycles. The second kappa shape index (κ2) is 16.0. The zero-order valence-electron chi connectivity index (χ0n) is 26.2. The van der Waals surface area contributed by atoms with Gasteiger partial charge in [0.1, 0.15) is 25.8 Å². The minimum absolute atomic E-state index is 0.0272. The number of hydrogen-bond acceptors (Lipinski definition) is 6. The number of nitrogens with zero attached hydrogens (tertiary/aromatic N) is 2. The van der Waals surface area contributed by atoms with Crippen molar-refractivity contribution in [2.24, 2.45) is 0 Å². The van der Waals surface area contributed by atoms with E-state index in [0.29, 0.717) is 31.3 Å². The van der Waals surface area contributed by atoms with E-state index in [2.05, 4.69) is 21.2 Å². The van der Waals surface area contributed by atoms with Crippen molar-refractivity contribution in [1.82, 2.24) is 10.2 Å². The number of carbonyl (C=O) groups excluding carboxylic acids is 2. The van der Waals surface area contributed by atoms with Crippen molar-refractivity contribution in [2.75, 3.05) is 30.6 Å². The molecule has 0 aromatic heterocycles. The first kappa shape index (κ1) is 34.0. The maximum absolute atomic E-state index is 14.6. The van der Waals surface area contributed by atoms with Crippen LogP contribution in [0.3, 0.4) is 0 Å². The molecule has 1 aliphatic rings. The van der Waals surface area contributed by atoms with Crippen molar-refractivity contribution in [3.05, 3.63) is 119 Å². The van der Waals surface area contributed by atoms with Gasteiger partial charge < -0.3 is 19.7 Å². The number of benzene rings is 4. The van der Waals surface area contributed by atoms with Crippen LogP contribution in [0.1, 0.15) is 30.9 Å². The summed E-state index contributed by atoms with van der Waals surface area (Å²) in [5.41, 5.74) is 1.89. The van der Waals surface area contributed by atoms with Crippen LogP contribution in [0.15, 0.2) is 112 Å². The van der Waals surface area contributed by atoms with Gasteiger partial charge in [0.25, 0.3) is 10.0 Å². The number of rotatable bonds is 14. The summed E-state index contributed by atoms with van der Waals surface area (Å²) >= 11 is 3.51. The first-order valence-electron chi connectivity index (χ1n) is 15.6. The molecule has 4 aromatic carbocycles. The molecule has 0 fully saturated rings. The van der Waals surface area contributed by atoms with Gasteiger partial charge in [-0.05, 0) is 53.9 Å². The summed E-state index contributed by atoms with van der Waals surface area (Å²) in [5, 5.41) is 3.01. The maximum atomic E-state index is 14.6. The number of hydrogen-bond donors (Lipinski definition) is 1. The lowest BCUT2D eigenvalue weighted by Gasteiger charge is -2.34. The topological polar surface area (TPSA) is 105 Å². The molecule has 0 saturated carbocycles. The Balaban J connectivity index is 1.57. The molecule has 0 unspecified atom stereocenters. The predicted octanol–water partition coefficient (Wildman–Crippen LogP) is 5.97. The number of amides is 2. The van der Waals surface area contributed by atoms with Gasteiger partial charge in [-0.15, -0.1) is 0 Å². The Labute approximate surface area is 284 Å². The molecule has 0 aliphatic carbocycles. The van der Waals surface area contributed by atoms with Crippen LogP contribution in [0.5, 0.6) is 11.5 Å². The largest absolute Gasteiger partial charge is 0.486 e. The monoisotopic (exact) mass is 719 g/mol. The van der Waals surface area contributed by atoms with Gasteiger partial charge in [0.05, 0.1) is 10.6 Å². The third kappa shape index (κ3) is 8.72. The summed E-state index contributed by atoms with van der Waals surface area (Å²) in [6.07, 6.45) is 1.93. The highest BCUT2D eigenvalue weighted by Crippen LogP contribution is 2.36. The molecular formula is C36H38BrN3O6S. The summed E-state index contributed by atoms with van der Waals surface area (Å²) in [4.78, 5) is 30.0. The Bertz CT molecular complexity index is 1770. The Morgan fingerprint density at radius 1 is 0.851 bits per heavy atom. The molecule has 246 valence electrons. The highest BCUT2D eigenvalue weighted by atomic mass is 79.9. The maximum Gasteiger partial charge on any atom is 0.264 e. The van der Waals surface area contributed by atoms with Gasteiger partial charge in [0.15, 0.2) is 11.5 Å². The Kier molecular flexibility index (Phi) is 11.6. The Morgan fingerprint density at radius 2 is 1.53 bits per heavy atom. The predicted molar refractivity (Wildman–Crippen MR) is 185 cm³/mol. The molecule has 2 amide bonds. The van der Waals surface area contributed by atoms with Gasteiger partial charge in [0, 0.05) is 30.0 Å². The molecule has 0 spiro atoms. The molecular weight excluding hydrogens is 682 g/mol. The standard InChI is InChI=1S/C36H38BrN3O6S/c1-2-3-19-38-36(42)32(23-27-11-6-4-7-12-27)39(25-28-13-10-14-29(37)22-28)35(41)26-40(47(43,44)31-15-8-5-9-16-31)30-17-18-33-34(24-30)46-21-20-45-33/h4-18,22,24,32H,2-3,19-21,23,25-26H2,1H3,(H,38,42)/t32-/m0/s1. The molecule has 47 heavy (non-hydrogen) atoms. The molecule has 1 aliphatic heterocycles. The molecule has 1 atom stereocenters. The summed E-state index contributed by atoms with van der Waals surface area (Å²) in [6, 6.07) is 28.8. The minimum atomic E-state index is -4.23. The molecule has 0 bridgehead atoms. The number of sulfonamides is 1. The van der Waals surface area contributed by atoms with Crippen LogP contribution >= 0.6 is 15.9 Å². The number of fused-ring (bicyclic) bond motifs is 1. The van der Waals surface area contributed by atoms with Crippen LogP contribution in [0.2, 0.25) is 0 Å². The first-order chi connectivity index (χ1) is 22.8. The number of ether oxygens (including phenoxy) is 2. The molecule has 4 aromatic rings. The molecule has 5 rings (SSSR count). The van der Waals surface area contributed by atoms with Crippen molar-refractivity contribution in [3.63, 3.8) is 0 Å². The van der Waals surface area contributed by atoms with Gasteiger partial charge in [-0.2, -0.15) is 0 Å². The van der Waals surface area contributed by atoms with E-state index in [1.165, 1.54) is 17.0 Å². The highest BCUT2D eigenvalue weighted by molar-refractivity contribution is 9.10. The van der Waals surface area contributed by atoms with Crippen LogP contribution in [0.4, 0.5) is 5.69 Å². The normalized spacial score (nSPS) is 13.0. The molecule has 0 saturated heterocycles. The molecule has 0 radical (unpaired) electrons. The average Bonchev–Trinajstić information content (AvgIpc) is 3.09. The lowest BCUT2D eigenvalue weighted by atomic mass is 10.0. The second-order valence-electron chi connectivity index (χ2n) is 11.2. The van der Waals surface area contributed by atoms with Crippen LogP contribution < -0.4 is 19.1 Å². The van der Waals surface area contributed by atoms with Crippen molar-refractivity contribution >= 4 is 43.5 Å². The fourth-order valence-corrected chi connectivity index (χ4v) is 7.20. The van der Waals surface area contributed by atoms with E-state index in [1.54, 1.807) is 36.4 Å². The minimum Gasteiger partial charge on any atom is -0.486 e. The van der Waals surface area contributed by atoms with Gasteiger partial charge in [-0.1, -0.05) is 89.9 Å². The molecule has 1 N–H and O–H groups in total. The van der Waals surface area contributed by atoms with E-state index in [9.17, 15) is 18.0 Å². The zero-order valence-corrected chi connectivity index (χ0v) is 28.6. The summed E-state index contributed by atoms with van der Waals surface area (Å²) < 4.78 is 41.8. The van der Waals surface area contributed by atoms with Gasteiger partial charge in [0.2, 0.25) is 11.8 Å². The van der Waals surface area contributed by atoms with Crippen LogP contribution in [0.25, 0.3) is 0 Å². The Hall–Kier alpha value is -4.35. The van der Waals surface area contributed by atoms with Gasteiger partial charge in [-0.3, -0.25) is 13.9 Å².